The topological polar surface area (TPSA) is 64.7 Å². The van der Waals surface area contributed by atoms with Crippen LogP contribution in [0.25, 0.3) is 0 Å². The zero-order valence-electron chi connectivity index (χ0n) is 16.6. The molecule has 0 saturated carbocycles. The average Bonchev–Trinajstić information content (AvgIpc) is 3.12. The molecule has 1 heterocycles. The lowest BCUT2D eigenvalue weighted by Gasteiger charge is -2.21. The molecule has 0 aromatic heterocycles. The van der Waals surface area contributed by atoms with Gasteiger partial charge < -0.3 is 4.84 Å². The Labute approximate surface area is 169 Å². The first kappa shape index (κ1) is 18.9. The third kappa shape index (κ3) is 3.40. The molecule has 0 radical (unpaired) electrons. The summed E-state index contributed by atoms with van der Waals surface area (Å²) in [6.07, 6.45) is -0.561. The zero-order valence-corrected chi connectivity index (χ0v) is 16.6. The summed E-state index contributed by atoms with van der Waals surface area (Å²) >= 11 is 0. The number of nitro groups is 1. The Hall–Kier alpha value is -3.47. The molecule has 0 unspecified atom stereocenters. The van der Waals surface area contributed by atoms with E-state index in [-0.39, 0.29) is 16.5 Å². The van der Waals surface area contributed by atoms with E-state index in [9.17, 15) is 10.1 Å². The molecule has 1 aliphatic rings. The number of nitrogens with zero attached hydrogens (tertiary/aromatic N) is 2. The van der Waals surface area contributed by atoms with Gasteiger partial charge in [0.05, 0.1) is 22.1 Å². The number of nitro benzene ring substituents is 1. The lowest BCUT2D eigenvalue weighted by atomic mass is 9.80. The van der Waals surface area contributed by atoms with Crippen molar-refractivity contribution in [1.29, 1.82) is 0 Å². The summed E-state index contributed by atoms with van der Waals surface area (Å²) in [6.45, 7) is 6.21. The SMILES string of the molecule is Cc1cc(C)c(C2=NO[C@@H](c3ccccc3[N+](=O)[O-])[C@@H]2c2ccccc2)c(C)c1. The van der Waals surface area contributed by atoms with Crippen molar-refractivity contribution in [2.45, 2.75) is 32.8 Å². The second-order valence-corrected chi connectivity index (χ2v) is 7.48. The van der Waals surface area contributed by atoms with E-state index in [1.54, 1.807) is 18.2 Å². The number of aryl methyl sites for hydroxylation is 3. The van der Waals surface area contributed by atoms with Crippen LogP contribution in [0.2, 0.25) is 0 Å². The molecule has 5 nitrogen and oxygen atoms in total. The van der Waals surface area contributed by atoms with Gasteiger partial charge in [0.1, 0.15) is 0 Å². The molecule has 5 heteroatoms. The largest absolute Gasteiger partial charge is 0.386 e. The minimum absolute atomic E-state index is 0.0484. The highest BCUT2D eigenvalue weighted by molar-refractivity contribution is 6.08. The Morgan fingerprint density at radius 1 is 0.931 bits per heavy atom. The highest BCUT2D eigenvalue weighted by atomic mass is 16.6. The summed E-state index contributed by atoms with van der Waals surface area (Å²) in [5.74, 6) is -0.239. The Morgan fingerprint density at radius 3 is 2.21 bits per heavy atom. The Kier molecular flexibility index (Phi) is 4.89. The van der Waals surface area contributed by atoms with Crippen LogP contribution in [0.1, 0.15) is 45.4 Å². The number of hydrogen-bond acceptors (Lipinski definition) is 4. The van der Waals surface area contributed by atoms with Crippen molar-refractivity contribution in [3.63, 3.8) is 0 Å². The number of oxime groups is 1. The Morgan fingerprint density at radius 2 is 1.55 bits per heavy atom. The maximum Gasteiger partial charge on any atom is 0.276 e. The molecule has 1 aliphatic heterocycles. The van der Waals surface area contributed by atoms with Gasteiger partial charge in [-0.05, 0) is 43.5 Å². The number of hydrogen-bond donors (Lipinski definition) is 0. The van der Waals surface area contributed by atoms with Crippen molar-refractivity contribution in [3.8, 4) is 0 Å². The van der Waals surface area contributed by atoms with Crippen LogP contribution in [0.4, 0.5) is 5.69 Å². The highest BCUT2D eigenvalue weighted by Crippen LogP contribution is 2.45. The second-order valence-electron chi connectivity index (χ2n) is 7.48. The molecule has 29 heavy (non-hydrogen) atoms. The molecule has 0 aliphatic carbocycles. The van der Waals surface area contributed by atoms with Gasteiger partial charge >= 0.3 is 0 Å². The molecule has 3 aromatic carbocycles. The van der Waals surface area contributed by atoms with Crippen molar-refractivity contribution in [2.75, 3.05) is 0 Å². The van der Waals surface area contributed by atoms with E-state index in [4.69, 9.17) is 4.84 Å². The summed E-state index contributed by atoms with van der Waals surface area (Å²) in [6, 6.07) is 20.9. The standard InChI is InChI=1S/C24H22N2O3/c1-15-13-16(2)21(17(3)14-15)23-22(18-9-5-4-6-10-18)24(29-25-23)19-11-7-8-12-20(19)26(27)28/h4-14,22,24H,1-3H3/t22-,24+/m1/s1. The van der Waals surface area contributed by atoms with E-state index in [1.165, 1.54) is 11.6 Å². The number of benzene rings is 3. The number of para-hydroxylation sites is 1. The number of rotatable bonds is 4. The first-order chi connectivity index (χ1) is 14.0. The second kappa shape index (κ2) is 7.51. The molecular formula is C24H22N2O3. The predicted molar refractivity (Wildman–Crippen MR) is 113 cm³/mol. The molecule has 0 fully saturated rings. The summed E-state index contributed by atoms with van der Waals surface area (Å²) < 4.78 is 0. The average molecular weight is 386 g/mol. The fourth-order valence-corrected chi connectivity index (χ4v) is 4.28. The first-order valence-corrected chi connectivity index (χ1v) is 9.57. The summed E-state index contributed by atoms with van der Waals surface area (Å²) in [7, 11) is 0. The van der Waals surface area contributed by atoms with Crippen LogP contribution in [0.5, 0.6) is 0 Å². The zero-order chi connectivity index (χ0) is 20.5. The Bertz CT molecular complexity index is 1080. The molecule has 0 bridgehead atoms. The molecular weight excluding hydrogens is 364 g/mol. The van der Waals surface area contributed by atoms with Gasteiger partial charge in [0, 0.05) is 11.6 Å². The van der Waals surface area contributed by atoms with Crippen LogP contribution in [0.15, 0.2) is 71.9 Å². The van der Waals surface area contributed by atoms with E-state index in [0.29, 0.717) is 5.56 Å². The summed E-state index contributed by atoms with van der Waals surface area (Å²) in [4.78, 5) is 17.2. The van der Waals surface area contributed by atoms with E-state index >= 15 is 0 Å². The van der Waals surface area contributed by atoms with Crippen LogP contribution in [-0.2, 0) is 4.84 Å². The summed E-state index contributed by atoms with van der Waals surface area (Å²) in [5.41, 5.74) is 6.89. The van der Waals surface area contributed by atoms with Crippen LogP contribution < -0.4 is 0 Å². The van der Waals surface area contributed by atoms with E-state index < -0.39 is 6.10 Å². The third-order valence-electron chi connectivity index (χ3n) is 5.39. The smallest absolute Gasteiger partial charge is 0.276 e. The molecule has 3 aromatic rings. The third-order valence-corrected chi connectivity index (χ3v) is 5.39. The Balaban J connectivity index is 1.88. The van der Waals surface area contributed by atoms with Crippen molar-refractivity contribution >= 4 is 11.4 Å². The molecule has 0 saturated heterocycles. The minimum Gasteiger partial charge on any atom is -0.386 e. The van der Waals surface area contributed by atoms with Crippen molar-refractivity contribution in [2.24, 2.45) is 5.16 Å². The van der Waals surface area contributed by atoms with Crippen LogP contribution in [0.3, 0.4) is 0 Å². The molecule has 146 valence electrons. The van der Waals surface area contributed by atoms with Gasteiger partial charge in [-0.3, -0.25) is 10.1 Å². The van der Waals surface area contributed by atoms with Gasteiger partial charge in [-0.15, -0.1) is 0 Å². The maximum absolute atomic E-state index is 11.6. The summed E-state index contributed by atoms with van der Waals surface area (Å²) in [5, 5.41) is 16.1. The molecule has 2 atom stereocenters. The maximum atomic E-state index is 11.6. The van der Waals surface area contributed by atoms with Crippen LogP contribution >= 0.6 is 0 Å². The first-order valence-electron chi connectivity index (χ1n) is 9.57. The highest BCUT2D eigenvalue weighted by Gasteiger charge is 2.41. The fourth-order valence-electron chi connectivity index (χ4n) is 4.28. The molecule has 0 amide bonds. The van der Waals surface area contributed by atoms with E-state index in [2.05, 4.69) is 38.1 Å². The van der Waals surface area contributed by atoms with Gasteiger partial charge in [-0.25, -0.2) is 0 Å². The van der Waals surface area contributed by atoms with Gasteiger partial charge in [0.2, 0.25) is 0 Å². The minimum atomic E-state index is -0.561. The lowest BCUT2D eigenvalue weighted by Crippen LogP contribution is -2.19. The van der Waals surface area contributed by atoms with Crippen molar-refractivity contribution < 1.29 is 9.76 Å². The van der Waals surface area contributed by atoms with Gasteiger partial charge in [0.25, 0.3) is 5.69 Å². The van der Waals surface area contributed by atoms with Crippen LogP contribution in [-0.4, -0.2) is 10.6 Å². The lowest BCUT2D eigenvalue weighted by molar-refractivity contribution is -0.386. The molecule has 0 N–H and O–H groups in total. The fraction of sp³-hybridized carbons (Fsp3) is 0.208. The predicted octanol–water partition coefficient (Wildman–Crippen LogP) is 5.78. The van der Waals surface area contributed by atoms with E-state index in [0.717, 1.165) is 28.0 Å². The van der Waals surface area contributed by atoms with Crippen LogP contribution in [0, 0.1) is 30.9 Å². The van der Waals surface area contributed by atoms with Crippen molar-refractivity contribution in [3.05, 3.63) is 110 Å². The quantitative estimate of drug-likeness (QED) is 0.422. The van der Waals surface area contributed by atoms with Gasteiger partial charge in [-0.1, -0.05) is 65.3 Å². The normalized spacial score (nSPS) is 18.2. The van der Waals surface area contributed by atoms with Crippen molar-refractivity contribution in [1.82, 2.24) is 0 Å². The van der Waals surface area contributed by atoms with E-state index in [1.807, 2.05) is 30.3 Å². The van der Waals surface area contributed by atoms with Gasteiger partial charge in [-0.2, -0.15) is 0 Å². The monoisotopic (exact) mass is 386 g/mol. The van der Waals surface area contributed by atoms with Gasteiger partial charge in [0.15, 0.2) is 6.10 Å². The molecule has 0 spiro atoms. The molecule has 4 rings (SSSR count).